The zero-order valence-corrected chi connectivity index (χ0v) is 24.2. The molecule has 0 spiro atoms. The van der Waals surface area contributed by atoms with Crippen LogP contribution in [0.1, 0.15) is 25.0 Å². The van der Waals surface area contributed by atoms with Gasteiger partial charge in [-0.2, -0.15) is 0 Å². The molecule has 3 aromatic rings. The second-order valence-corrected chi connectivity index (χ2v) is 11.7. The van der Waals surface area contributed by atoms with Crippen LogP contribution in [0, 0.1) is 6.92 Å². The molecule has 1 atom stereocenters. The van der Waals surface area contributed by atoms with Gasteiger partial charge in [-0.15, -0.1) is 0 Å². The standard InChI is InChI=1S/C27H28Cl3N3O4S/c1-4-31-27(35)19(3)32(16-20-7-5-6-8-23(20)29)26(34)17-33(25-15-21(28)11-14-24(25)30)38(36,37)22-12-9-18(2)10-13-22/h5-15,19H,4,16-17H2,1-3H3,(H,31,35)/t19-/m0/s1. The van der Waals surface area contributed by atoms with E-state index < -0.39 is 28.5 Å². The van der Waals surface area contributed by atoms with Crippen LogP contribution in [0.15, 0.2) is 71.6 Å². The maximum absolute atomic E-state index is 13.8. The summed E-state index contributed by atoms with van der Waals surface area (Å²) in [6.07, 6.45) is 0. The third-order valence-corrected chi connectivity index (χ3v) is 8.58. The Morgan fingerprint density at radius 2 is 1.61 bits per heavy atom. The molecule has 0 radical (unpaired) electrons. The van der Waals surface area contributed by atoms with Crippen LogP contribution in [0.25, 0.3) is 0 Å². The van der Waals surface area contributed by atoms with E-state index in [1.54, 1.807) is 50.2 Å². The fourth-order valence-electron chi connectivity index (χ4n) is 3.74. The van der Waals surface area contributed by atoms with Crippen LogP contribution in [0.4, 0.5) is 5.69 Å². The van der Waals surface area contributed by atoms with Crippen LogP contribution >= 0.6 is 34.8 Å². The summed E-state index contributed by atoms with van der Waals surface area (Å²) in [5, 5.41) is 3.45. The number of anilines is 1. The molecule has 0 aromatic heterocycles. The highest BCUT2D eigenvalue weighted by atomic mass is 35.5. The molecular weight excluding hydrogens is 569 g/mol. The summed E-state index contributed by atoms with van der Waals surface area (Å²) in [4.78, 5) is 27.9. The molecule has 11 heteroatoms. The zero-order valence-electron chi connectivity index (χ0n) is 21.1. The zero-order chi connectivity index (χ0) is 28.0. The molecule has 202 valence electrons. The van der Waals surface area contributed by atoms with Crippen molar-refractivity contribution < 1.29 is 18.0 Å². The number of carbonyl (C=O) groups excluding carboxylic acids is 2. The van der Waals surface area contributed by atoms with Gasteiger partial charge in [0.15, 0.2) is 0 Å². The molecule has 0 aliphatic rings. The molecule has 0 unspecified atom stereocenters. The number of halogens is 3. The van der Waals surface area contributed by atoms with Gasteiger partial charge in [0, 0.05) is 23.1 Å². The number of likely N-dealkylation sites (N-methyl/N-ethyl adjacent to an activating group) is 1. The molecule has 3 rings (SSSR count). The largest absolute Gasteiger partial charge is 0.355 e. The van der Waals surface area contributed by atoms with Crippen LogP contribution < -0.4 is 9.62 Å². The lowest BCUT2D eigenvalue weighted by atomic mass is 10.1. The maximum atomic E-state index is 13.8. The van der Waals surface area contributed by atoms with E-state index >= 15 is 0 Å². The molecule has 0 aliphatic heterocycles. The Labute approximate surface area is 238 Å². The van der Waals surface area contributed by atoms with E-state index in [1.165, 1.54) is 35.2 Å². The molecule has 2 amide bonds. The number of carbonyl (C=O) groups is 2. The second-order valence-electron chi connectivity index (χ2n) is 8.60. The first-order valence-electron chi connectivity index (χ1n) is 11.8. The summed E-state index contributed by atoms with van der Waals surface area (Å²) < 4.78 is 28.6. The number of nitrogens with one attached hydrogen (secondary N) is 1. The quantitative estimate of drug-likeness (QED) is 0.325. The van der Waals surface area contributed by atoms with Gasteiger partial charge in [-0.25, -0.2) is 8.42 Å². The van der Waals surface area contributed by atoms with Crippen molar-refractivity contribution in [1.82, 2.24) is 10.2 Å². The summed E-state index contributed by atoms with van der Waals surface area (Å²) >= 11 is 18.9. The number of aryl methyl sites for hydroxylation is 1. The van der Waals surface area contributed by atoms with E-state index in [9.17, 15) is 18.0 Å². The van der Waals surface area contributed by atoms with Crippen molar-refractivity contribution >= 4 is 62.3 Å². The van der Waals surface area contributed by atoms with Gasteiger partial charge in [0.1, 0.15) is 12.6 Å². The van der Waals surface area contributed by atoms with Gasteiger partial charge in [-0.3, -0.25) is 13.9 Å². The average Bonchev–Trinajstić information content (AvgIpc) is 2.88. The first-order chi connectivity index (χ1) is 17.9. The molecule has 0 fully saturated rings. The summed E-state index contributed by atoms with van der Waals surface area (Å²) in [6.45, 7) is 4.89. The number of hydrogen-bond acceptors (Lipinski definition) is 4. The first-order valence-corrected chi connectivity index (χ1v) is 14.4. The van der Waals surface area contributed by atoms with E-state index in [0.29, 0.717) is 17.1 Å². The van der Waals surface area contributed by atoms with Gasteiger partial charge >= 0.3 is 0 Å². The summed E-state index contributed by atoms with van der Waals surface area (Å²) in [7, 11) is -4.26. The Morgan fingerprint density at radius 3 is 2.24 bits per heavy atom. The average molecular weight is 597 g/mol. The Morgan fingerprint density at radius 1 is 0.947 bits per heavy atom. The topological polar surface area (TPSA) is 86.8 Å². The third kappa shape index (κ3) is 6.99. The number of benzene rings is 3. The van der Waals surface area contributed by atoms with Gasteiger partial charge in [-0.05, 0) is 62.7 Å². The molecule has 0 aliphatic carbocycles. The lowest BCUT2D eigenvalue weighted by Crippen LogP contribution is -2.51. The van der Waals surface area contributed by atoms with Crippen molar-refractivity contribution in [2.45, 2.75) is 38.3 Å². The molecular formula is C27H28Cl3N3O4S. The van der Waals surface area contributed by atoms with Crippen LogP contribution in [0.5, 0.6) is 0 Å². The number of nitrogens with zero attached hydrogens (tertiary/aromatic N) is 2. The molecule has 0 saturated carbocycles. The highest BCUT2D eigenvalue weighted by Crippen LogP contribution is 2.33. The molecule has 7 nitrogen and oxygen atoms in total. The van der Waals surface area contributed by atoms with Crippen LogP contribution in [-0.4, -0.2) is 44.3 Å². The van der Waals surface area contributed by atoms with Gasteiger partial charge in [-0.1, -0.05) is 70.7 Å². The summed E-state index contributed by atoms with van der Waals surface area (Å²) in [5.41, 5.74) is 1.51. The van der Waals surface area contributed by atoms with Crippen molar-refractivity contribution in [3.63, 3.8) is 0 Å². The molecule has 0 saturated heterocycles. The number of amides is 2. The minimum atomic E-state index is -4.26. The predicted molar refractivity (Wildman–Crippen MR) is 152 cm³/mol. The van der Waals surface area contributed by atoms with Gasteiger partial charge in [0.05, 0.1) is 15.6 Å². The van der Waals surface area contributed by atoms with Gasteiger partial charge in [0.2, 0.25) is 11.8 Å². The minimum Gasteiger partial charge on any atom is -0.355 e. The summed E-state index contributed by atoms with van der Waals surface area (Å²) in [5.74, 6) is -1.02. The smallest absolute Gasteiger partial charge is 0.264 e. The Kier molecular flexibility index (Phi) is 10.1. The fourth-order valence-corrected chi connectivity index (χ4v) is 5.80. The molecule has 1 N–H and O–H groups in total. The van der Waals surface area contributed by atoms with E-state index in [2.05, 4.69) is 5.32 Å². The third-order valence-electron chi connectivity index (χ3n) is 5.88. The fraction of sp³-hybridized carbons (Fsp3) is 0.259. The molecule has 38 heavy (non-hydrogen) atoms. The SMILES string of the molecule is CCNC(=O)[C@H](C)N(Cc1ccccc1Cl)C(=O)CN(c1cc(Cl)ccc1Cl)S(=O)(=O)c1ccc(C)cc1. The Hall–Kier alpha value is -2.78. The highest BCUT2D eigenvalue weighted by molar-refractivity contribution is 7.92. The van der Waals surface area contributed by atoms with E-state index in [4.69, 9.17) is 34.8 Å². The lowest BCUT2D eigenvalue weighted by molar-refractivity contribution is -0.139. The number of rotatable bonds is 10. The Balaban J connectivity index is 2.09. The summed E-state index contributed by atoms with van der Waals surface area (Å²) in [6, 6.07) is 16.6. The van der Waals surface area contributed by atoms with Crippen LogP contribution in [-0.2, 0) is 26.2 Å². The van der Waals surface area contributed by atoms with Crippen molar-refractivity contribution in [3.05, 3.63) is 92.9 Å². The van der Waals surface area contributed by atoms with E-state index in [1.807, 2.05) is 6.92 Å². The van der Waals surface area contributed by atoms with Crippen molar-refractivity contribution in [3.8, 4) is 0 Å². The first kappa shape index (κ1) is 29.8. The Bertz CT molecular complexity index is 1420. The van der Waals surface area contributed by atoms with Gasteiger partial charge < -0.3 is 10.2 Å². The van der Waals surface area contributed by atoms with Crippen LogP contribution in [0.3, 0.4) is 0 Å². The minimum absolute atomic E-state index is 0.0154. The molecule has 3 aromatic carbocycles. The normalized spacial score (nSPS) is 12.1. The lowest BCUT2D eigenvalue weighted by Gasteiger charge is -2.32. The molecule has 0 bridgehead atoms. The van der Waals surface area contributed by atoms with Gasteiger partial charge in [0.25, 0.3) is 10.0 Å². The van der Waals surface area contributed by atoms with Crippen molar-refractivity contribution in [2.75, 3.05) is 17.4 Å². The number of sulfonamides is 1. The van der Waals surface area contributed by atoms with Crippen molar-refractivity contribution in [1.29, 1.82) is 0 Å². The maximum Gasteiger partial charge on any atom is 0.264 e. The number of hydrogen-bond donors (Lipinski definition) is 1. The van der Waals surface area contributed by atoms with Crippen molar-refractivity contribution in [2.24, 2.45) is 0 Å². The molecule has 0 heterocycles. The monoisotopic (exact) mass is 595 g/mol. The predicted octanol–water partition coefficient (Wildman–Crippen LogP) is 5.70. The highest BCUT2D eigenvalue weighted by Gasteiger charge is 2.33. The van der Waals surface area contributed by atoms with Crippen LogP contribution in [0.2, 0.25) is 15.1 Å². The second kappa shape index (κ2) is 12.8. The van der Waals surface area contributed by atoms with E-state index in [-0.39, 0.29) is 33.1 Å². The van der Waals surface area contributed by atoms with E-state index in [0.717, 1.165) is 9.87 Å².